The highest BCUT2D eigenvalue weighted by Crippen LogP contribution is 2.35. The first-order valence-electron chi connectivity index (χ1n) is 7.47. The molecule has 1 amide bonds. The Morgan fingerprint density at radius 1 is 1.06 bits per heavy atom. The second kappa shape index (κ2) is 5.50. The van der Waals surface area contributed by atoms with Gasteiger partial charge in [0.2, 0.25) is 0 Å². The molecule has 2 rings (SSSR count). The molecule has 3 heteroatoms. The second-order valence-corrected chi connectivity index (χ2v) is 6.78. The number of rotatable bonds is 0. The number of hydrogen-bond acceptors (Lipinski definition) is 2. The van der Waals surface area contributed by atoms with Crippen LogP contribution in [-0.2, 0) is 4.74 Å². The van der Waals surface area contributed by atoms with Crippen molar-refractivity contribution in [2.75, 3.05) is 6.54 Å². The molecule has 0 spiro atoms. The van der Waals surface area contributed by atoms with E-state index in [4.69, 9.17) is 4.74 Å². The van der Waals surface area contributed by atoms with Crippen molar-refractivity contribution in [1.29, 1.82) is 0 Å². The van der Waals surface area contributed by atoms with Gasteiger partial charge in [-0.2, -0.15) is 0 Å². The number of amides is 1. The molecule has 18 heavy (non-hydrogen) atoms. The fourth-order valence-corrected chi connectivity index (χ4v) is 3.34. The minimum Gasteiger partial charge on any atom is -0.444 e. The Labute approximate surface area is 111 Å². The molecule has 2 atom stereocenters. The fraction of sp³-hybridized carbons (Fsp3) is 0.933. The van der Waals surface area contributed by atoms with Gasteiger partial charge in [-0.15, -0.1) is 0 Å². The van der Waals surface area contributed by atoms with Crippen molar-refractivity contribution in [1.82, 2.24) is 4.90 Å². The van der Waals surface area contributed by atoms with Gasteiger partial charge >= 0.3 is 6.09 Å². The second-order valence-electron chi connectivity index (χ2n) is 6.78. The zero-order valence-electron chi connectivity index (χ0n) is 12.1. The van der Waals surface area contributed by atoms with E-state index in [0.29, 0.717) is 12.0 Å². The van der Waals surface area contributed by atoms with Gasteiger partial charge in [0.1, 0.15) is 5.60 Å². The van der Waals surface area contributed by atoms with Crippen LogP contribution in [0.4, 0.5) is 4.79 Å². The highest BCUT2D eigenvalue weighted by molar-refractivity contribution is 5.68. The molecule has 0 aromatic heterocycles. The van der Waals surface area contributed by atoms with Crippen LogP contribution in [0, 0.1) is 5.92 Å². The number of hydrogen-bond donors (Lipinski definition) is 0. The lowest BCUT2D eigenvalue weighted by molar-refractivity contribution is 0.00686. The third-order valence-electron chi connectivity index (χ3n) is 4.12. The van der Waals surface area contributed by atoms with E-state index in [1.165, 1.54) is 38.5 Å². The molecule has 0 unspecified atom stereocenters. The van der Waals surface area contributed by atoms with Crippen molar-refractivity contribution in [2.45, 2.75) is 77.4 Å². The molecule has 1 saturated heterocycles. The Kier molecular flexibility index (Phi) is 4.18. The predicted molar refractivity (Wildman–Crippen MR) is 72.5 cm³/mol. The topological polar surface area (TPSA) is 29.5 Å². The van der Waals surface area contributed by atoms with E-state index in [1.807, 2.05) is 25.7 Å². The van der Waals surface area contributed by atoms with Crippen molar-refractivity contribution in [3.8, 4) is 0 Å². The Hall–Kier alpha value is -0.730. The average Bonchev–Trinajstić information content (AvgIpc) is 2.48. The van der Waals surface area contributed by atoms with Crippen LogP contribution >= 0.6 is 0 Å². The first-order valence-corrected chi connectivity index (χ1v) is 7.47. The van der Waals surface area contributed by atoms with E-state index in [1.54, 1.807) is 0 Å². The zero-order chi connectivity index (χ0) is 13.2. The Balaban J connectivity index is 2.06. The van der Waals surface area contributed by atoms with Crippen molar-refractivity contribution in [3.05, 3.63) is 0 Å². The van der Waals surface area contributed by atoms with Gasteiger partial charge in [0, 0.05) is 12.6 Å². The molecular formula is C15H27NO2. The summed E-state index contributed by atoms with van der Waals surface area (Å²) in [7, 11) is 0. The maximum atomic E-state index is 12.3. The van der Waals surface area contributed by atoms with Crippen molar-refractivity contribution >= 4 is 6.09 Å². The van der Waals surface area contributed by atoms with Crippen LogP contribution in [0.2, 0.25) is 0 Å². The molecule has 1 aliphatic carbocycles. The van der Waals surface area contributed by atoms with E-state index in [0.717, 1.165) is 13.0 Å². The standard InChI is InChI=1S/C15H27NO2/c1-15(2,3)18-14(17)16-11-7-6-9-12-8-4-5-10-13(12)16/h12-13H,4-11H2,1-3H3/t12-,13-/m1/s1. The van der Waals surface area contributed by atoms with Crippen molar-refractivity contribution < 1.29 is 9.53 Å². The summed E-state index contributed by atoms with van der Waals surface area (Å²) in [4.78, 5) is 14.4. The van der Waals surface area contributed by atoms with Crippen LogP contribution < -0.4 is 0 Å². The van der Waals surface area contributed by atoms with Crippen LogP contribution in [0.5, 0.6) is 0 Å². The minimum atomic E-state index is -0.381. The summed E-state index contributed by atoms with van der Waals surface area (Å²) in [5.41, 5.74) is -0.381. The number of likely N-dealkylation sites (tertiary alicyclic amines) is 1. The monoisotopic (exact) mass is 253 g/mol. The van der Waals surface area contributed by atoms with Gasteiger partial charge in [0.05, 0.1) is 0 Å². The molecule has 3 nitrogen and oxygen atoms in total. The SMILES string of the molecule is CC(C)(C)OC(=O)N1CCCC[C@H]2CCCC[C@H]21. The van der Waals surface area contributed by atoms with Crippen LogP contribution in [0.3, 0.4) is 0 Å². The van der Waals surface area contributed by atoms with Gasteiger partial charge < -0.3 is 9.64 Å². The fourth-order valence-electron chi connectivity index (χ4n) is 3.34. The van der Waals surface area contributed by atoms with E-state index in [-0.39, 0.29) is 11.7 Å². The average molecular weight is 253 g/mol. The summed E-state index contributed by atoms with van der Waals surface area (Å²) in [5, 5.41) is 0. The highest BCUT2D eigenvalue weighted by Gasteiger charge is 2.36. The lowest BCUT2D eigenvalue weighted by atomic mass is 9.82. The molecule has 0 N–H and O–H groups in total. The van der Waals surface area contributed by atoms with Crippen molar-refractivity contribution in [3.63, 3.8) is 0 Å². The zero-order valence-corrected chi connectivity index (χ0v) is 12.1. The lowest BCUT2D eigenvalue weighted by Gasteiger charge is -2.38. The summed E-state index contributed by atoms with van der Waals surface area (Å²) >= 11 is 0. The summed E-state index contributed by atoms with van der Waals surface area (Å²) in [5.74, 6) is 0.716. The van der Waals surface area contributed by atoms with Gasteiger partial charge in [0.25, 0.3) is 0 Å². The van der Waals surface area contributed by atoms with E-state index < -0.39 is 0 Å². The molecule has 0 bridgehead atoms. The van der Waals surface area contributed by atoms with Gasteiger partial charge in [0.15, 0.2) is 0 Å². The quantitative estimate of drug-likeness (QED) is 0.654. The minimum absolute atomic E-state index is 0.0960. The van der Waals surface area contributed by atoms with Crippen LogP contribution in [0.1, 0.15) is 65.7 Å². The molecule has 2 aliphatic rings. The third-order valence-corrected chi connectivity index (χ3v) is 4.12. The molecular weight excluding hydrogens is 226 g/mol. The van der Waals surface area contributed by atoms with Gasteiger partial charge in [-0.1, -0.05) is 19.3 Å². The summed E-state index contributed by atoms with van der Waals surface area (Å²) in [6.45, 7) is 6.72. The van der Waals surface area contributed by atoms with Gasteiger partial charge in [-0.25, -0.2) is 4.79 Å². The van der Waals surface area contributed by atoms with Crippen molar-refractivity contribution in [2.24, 2.45) is 5.92 Å². The Bertz CT molecular complexity index is 295. The highest BCUT2D eigenvalue weighted by atomic mass is 16.6. The third kappa shape index (κ3) is 3.39. The van der Waals surface area contributed by atoms with Crippen LogP contribution in [0.25, 0.3) is 0 Å². The number of carbonyl (C=O) groups is 1. The van der Waals surface area contributed by atoms with E-state index in [9.17, 15) is 4.79 Å². The molecule has 1 aliphatic heterocycles. The molecule has 1 saturated carbocycles. The van der Waals surface area contributed by atoms with Gasteiger partial charge in [-0.05, 0) is 52.4 Å². The van der Waals surface area contributed by atoms with Crippen LogP contribution in [0.15, 0.2) is 0 Å². The molecule has 0 aromatic rings. The Morgan fingerprint density at radius 3 is 2.33 bits per heavy atom. The first-order chi connectivity index (χ1) is 8.47. The number of carbonyl (C=O) groups excluding carboxylic acids is 1. The molecule has 2 fully saturated rings. The van der Waals surface area contributed by atoms with E-state index >= 15 is 0 Å². The van der Waals surface area contributed by atoms with E-state index in [2.05, 4.69) is 0 Å². The summed E-state index contributed by atoms with van der Waals surface area (Å²) in [6.07, 6.45) is 8.66. The normalized spacial score (nSPS) is 29.4. The number of ether oxygens (including phenoxy) is 1. The first kappa shape index (κ1) is 13.7. The summed E-state index contributed by atoms with van der Waals surface area (Å²) < 4.78 is 5.57. The maximum Gasteiger partial charge on any atom is 0.410 e. The summed E-state index contributed by atoms with van der Waals surface area (Å²) in [6, 6.07) is 0.441. The molecule has 1 heterocycles. The smallest absolute Gasteiger partial charge is 0.410 e. The largest absolute Gasteiger partial charge is 0.444 e. The number of nitrogens with zero attached hydrogens (tertiary/aromatic N) is 1. The Morgan fingerprint density at radius 2 is 1.67 bits per heavy atom. The number of fused-ring (bicyclic) bond motifs is 1. The van der Waals surface area contributed by atoms with Gasteiger partial charge in [-0.3, -0.25) is 0 Å². The molecule has 0 radical (unpaired) electrons. The van der Waals surface area contributed by atoms with Crippen LogP contribution in [-0.4, -0.2) is 29.2 Å². The molecule has 104 valence electrons. The maximum absolute atomic E-state index is 12.3. The lowest BCUT2D eigenvalue weighted by Crippen LogP contribution is -2.47. The molecule has 0 aromatic carbocycles. The predicted octanol–water partition coefficient (Wildman–Crippen LogP) is 3.97.